The Morgan fingerprint density at radius 2 is 2.45 bits per heavy atom. The van der Waals surface area contributed by atoms with Crippen molar-refractivity contribution in [3.05, 3.63) is 18.0 Å². The van der Waals surface area contributed by atoms with E-state index in [0.717, 1.165) is 19.4 Å². The molecule has 1 aromatic heterocycles. The van der Waals surface area contributed by atoms with Crippen molar-refractivity contribution < 1.29 is 5.11 Å². The van der Waals surface area contributed by atoms with Gasteiger partial charge >= 0.3 is 0 Å². The fraction of sp³-hybridized carbons (Fsp3) is 0.625. The van der Waals surface area contributed by atoms with Gasteiger partial charge in [-0.15, -0.1) is 0 Å². The van der Waals surface area contributed by atoms with Gasteiger partial charge in [0, 0.05) is 19.3 Å². The lowest BCUT2D eigenvalue weighted by Crippen LogP contribution is -1.99. The highest BCUT2D eigenvalue weighted by atomic mass is 16.3. The number of aliphatic hydroxyl groups is 1. The Kier molecular flexibility index (Phi) is 3.11. The van der Waals surface area contributed by atoms with Crippen molar-refractivity contribution in [2.75, 3.05) is 6.61 Å². The molecule has 0 unspecified atom stereocenters. The molecule has 1 aromatic rings. The molecule has 0 aliphatic rings. The van der Waals surface area contributed by atoms with Crippen molar-refractivity contribution in [3.63, 3.8) is 0 Å². The van der Waals surface area contributed by atoms with Gasteiger partial charge in [-0.1, -0.05) is 6.92 Å². The SMILES string of the molecule is CCc1cnn(CCCO)c1. The van der Waals surface area contributed by atoms with E-state index in [2.05, 4.69) is 12.0 Å². The maximum atomic E-state index is 8.55. The zero-order valence-corrected chi connectivity index (χ0v) is 6.82. The lowest BCUT2D eigenvalue weighted by atomic mass is 10.3. The van der Waals surface area contributed by atoms with E-state index >= 15 is 0 Å². The molecule has 0 atom stereocenters. The van der Waals surface area contributed by atoms with Crippen molar-refractivity contribution in [2.24, 2.45) is 0 Å². The minimum Gasteiger partial charge on any atom is -0.396 e. The maximum absolute atomic E-state index is 8.55. The summed E-state index contributed by atoms with van der Waals surface area (Å²) in [6, 6.07) is 0. The summed E-state index contributed by atoms with van der Waals surface area (Å²) in [6.45, 7) is 3.16. The van der Waals surface area contributed by atoms with Crippen LogP contribution in [0.15, 0.2) is 12.4 Å². The quantitative estimate of drug-likeness (QED) is 0.697. The Labute approximate surface area is 66.7 Å². The predicted octanol–water partition coefficient (Wildman–Crippen LogP) is 0.828. The van der Waals surface area contributed by atoms with Crippen LogP contribution in [0.5, 0.6) is 0 Å². The first-order chi connectivity index (χ1) is 5.36. The van der Waals surface area contributed by atoms with Crippen molar-refractivity contribution >= 4 is 0 Å². The monoisotopic (exact) mass is 154 g/mol. The van der Waals surface area contributed by atoms with Crippen LogP contribution < -0.4 is 0 Å². The number of aliphatic hydroxyl groups excluding tert-OH is 1. The molecule has 1 N–H and O–H groups in total. The molecule has 0 aromatic carbocycles. The fourth-order valence-corrected chi connectivity index (χ4v) is 0.944. The summed E-state index contributed by atoms with van der Waals surface area (Å²) in [5.74, 6) is 0. The average molecular weight is 154 g/mol. The normalized spacial score (nSPS) is 10.4. The summed E-state index contributed by atoms with van der Waals surface area (Å²) in [5.41, 5.74) is 1.25. The second kappa shape index (κ2) is 4.13. The molecule has 62 valence electrons. The van der Waals surface area contributed by atoms with E-state index in [9.17, 15) is 0 Å². The van der Waals surface area contributed by atoms with Crippen LogP contribution in [0, 0.1) is 0 Å². The number of hydrogen-bond donors (Lipinski definition) is 1. The summed E-state index contributed by atoms with van der Waals surface area (Å²) >= 11 is 0. The Morgan fingerprint density at radius 1 is 1.64 bits per heavy atom. The average Bonchev–Trinajstić information content (AvgIpc) is 2.48. The zero-order valence-electron chi connectivity index (χ0n) is 6.82. The maximum Gasteiger partial charge on any atom is 0.0521 e. The van der Waals surface area contributed by atoms with Crippen LogP contribution >= 0.6 is 0 Å². The van der Waals surface area contributed by atoms with E-state index in [-0.39, 0.29) is 6.61 Å². The van der Waals surface area contributed by atoms with Crippen molar-refractivity contribution in [1.82, 2.24) is 9.78 Å². The molecule has 0 aliphatic heterocycles. The van der Waals surface area contributed by atoms with Gasteiger partial charge in [-0.05, 0) is 18.4 Å². The highest BCUT2D eigenvalue weighted by molar-refractivity contribution is 5.02. The van der Waals surface area contributed by atoms with Gasteiger partial charge < -0.3 is 5.11 Å². The van der Waals surface area contributed by atoms with Gasteiger partial charge in [0.2, 0.25) is 0 Å². The first-order valence-electron chi connectivity index (χ1n) is 3.99. The van der Waals surface area contributed by atoms with Crippen molar-refractivity contribution in [1.29, 1.82) is 0 Å². The molecule has 0 saturated carbocycles. The first-order valence-corrected chi connectivity index (χ1v) is 3.99. The molecule has 3 heteroatoms. The Hall–Kier alpha value is -0.830. The molecule has 0 spiro atoms. The van der Waals surface area contributed by atoms with Crippen LogP contribution in [0.25, 0.3) is 0 Å². The van der Waals surface area contributed by atoms with Gasteiger partial charge in [-0.25, -0.2) is 0 Å². The topological polar surface area (TPSA) is 38.0 Å². The van der Waals surface area contributed by atoms with E-state index in [4.69, 9.17) is 5.11 Å². The summed E-state index contributed by atoms with van der Waals surface area (Å²) in [5, 5.41) is 12.7. The third kappa shape index (κ3) is 2.35. The van der Waals surface area contributed by atoms with Gasteiger partial charge in [0.1, 0.15) is 0 Å². The van der Waals surface area contributed by atoms with E-state index in [0.29, 0.717) is 0 Å². The predicted molar refractivity (Wildman–Crippen MR) is 43.3 cm³/mol. The largest absolute Gasteiger partial charge is 0.396 e. The Bertz CT molecular complexity index is 208. The summed E-state index contributed by atoms with van der Waals surface area (Å²) in [6.07, 6.45) is 5.71. The van der Waals surface area contributed by atoms with Gasteiger partial charge in [0.05, 0.1) is 6.20 Å². The molecule has 1 rings (SSSR count). The minimum atomic E-state index is 0.237. The lowest BCUT2D eigenvalue weighted by Gasteiger charge is -1.96. The molecule has 0 fully saturated rings. The number of aromatic nitrogens is 2. The molecule has 0 aliphatic carbocycles. The number of hydrogen-bond acceptors (Lipinski definition) is 2. The van der Waals surface area contributed by atoms with Crippen LogP contribution in [0.2, 0.25) is 0 Å². The lowest BCUT2D eigenvalue weighted by molar-refractivity contribution is 0.277. The van der Waals surface area contributed by atoms with Crippen molar-refractivity contribution in [3.8, 4) is 0 Å². The number of rotatable bonds is 4. The van der Waals surface area contributed by atoms with Crippen LogP contribution in [-0.4, -0.2) is 21.5 Å². The summed E-state index contributed by atoms with van der Waals surface area (Å²) in [4.78, 5) is 0. The third-order valence-corrected chi connectivity index (χ3v) is 1.64. The molecule has 1 heterocycles. The summed E-state index contributed by atoms with van der Waals surface area (Å²) < 4.78 is 1.87. The fourth-order valence-electron chi connectivity index (χ4n) is 0.944. The highest BCUT2D eigenvalue weighted by Gasteiger charge is 1.94. The first kappa shape index (κ1) is 8.27. The van der Waals surface area contributed by atoms with E-state index < -0.39 is 0 Å². The molecule has 0 radical (unpaired) electrons. The van der Waals surface area contributed by atoms with Crippen LogP contribution in [0.1, 0.15) is 18.9 Å². The smallest absolute Gasteiger partial charge is 0.0521 e. The minimum absolute atomic E-state index is 0.237. The molecular formula is C8H14N2O. The molecule has 0 bridgehead atoms. The molecule has 0 amide bonds. The third-order valence-electron chi connectivity index (χ3n) is 1.64. The molecule has 3 nitrogen and oxygen atoms in total. The van der Waals surface area contributed by atoms with Crippen LogP contribution in [-0.2, 0) is 13.0 Å². The van der Waals surface area contributed by atoms with Crippen LogP contribution in [0.3, 0.4) is 0 Å². The van der Waals surface area contributed by atoms with E-state index in [1.807, 2.05) is 17.1 Å². The highest BCUT2D eigenvalue weighted by Crippen LogP contribution is 1.98. The van der Waals surface area contributed by atoms with E-state index in [1.54, 1.807) is 0 Å². The number of aryl methyl sites for hydroxylation is 2. The Balaban J connectivity index is 2.44. The Morgan fingerprint density at radius 3 is 3.00 bits per heavy atom. The van der Waals surface area contributed by atoms with Gasteiger partial charge in [0.15, 0.2) is 0 Å². The van der Waals surface area contributed by atoms with Gasteiger partial charge in [-0.2, -0.15) is 5.10 Å². The molecule has 0 saturated heterocycles. The van der Waals surface area contributed by atoms with Crippen molar-refractivity contribution in [2.45, 2.75) is 26.3 Å². The standard InChI is InChI=1S/C8H14N2O/c1-2-8-6-9-10(7-8)4-3-5-11/h6-7,11H,2-5H2,1H3. The van der Waals surface area contributed by atoms with E-state index in [1.165, 1.54) is 5.56 Å². The van der Waals surface area contributed by atoms with Crippen LogP contribution in [0.4, 0.5) is 0 Å². The molecule has 11 heavy (non-hydrogen) atoms. The second-order valence-corrected chi connectivity index (χ2v) is 2.54. The second-order valence-electron chi connectivity index (χ2n) is 2.54. The van der Waals surface area contributed by atoms with Gasteiger partial charge in [-0.3, -0.25) is 4.68 Å². The number of nitrogens with zero attached hydrogens (tertiary/aromatic N) is 2. The zero-order chi connectivity index (χ0) is 8.10. The molecular weight excluding hydrogens is 140 g/mol. The van der Waals surface area contributed by atoms with Gasteiger partial charge in [0.25, 0.3) is 0 Å². The summed E-state index contributed by atoms with van der Waals surface area (Å²) in [7, 11) is 0.